The third kappa shape index (κ3) is 13.4. The molecular weight excluding hydrogens is 826 g/mol. The average molecular weight is 874 g/mol. The Hall–Kier alpha value is -6.18. The molecule has 0 aliphatic heterocycles. The number of ether oxygens (including phenoxy) is 3. The number of benzene rings is 2. The van der Waals surface area contributed by atoms with Crippen molar-refractivity contribution in [3.05, 3.63) is 76.6 Å². The molecule has 61 heavy (non-hydrogen) atoms. The number of esters is 2. The van der Waals surface area contributed by atoms with Crippen molar-refractivity contribution in [1.29, 1.82) is 10.5 Å². The number of nitriles is 2. The van der Waals surface area contributed by atoms with E-state index in [4.69, 9.17) is 47.4 Å². The van der Waals surface area contributed by atoms with Gasteiger partial charge in [0, 0.05) is 47.8 Å². The number of anilines is 1. The topological polar surface area (TPSA) is 285 Å². The van der Waals surface area contributed by atoms with Gasteiger partial charge >= 0.3 is 11.9 Å². The zero-order valence-electron chi connectivity index (χ0n) is 34.1. The van der Waals surface area contributed by atoms with Crippen molar-refractivity contribution in [2.24, 2.45) is 23.3 Å². The van der Waals surface area contributed by atoms with Gasteiger partial charge in [0.15, 0.2) is 6.10 Å². The first kappa shape index (κ1) is 47.5. The summed E-state index contributed by atoms with van der Waals surface area (Å²) in [6.07, 6.45) is 0.341. The van der Waals surface area contributed by atoms with Crippen molar-refractivity contribution in [1.82, 2.24) is 20.6 Å². The molecule has 322 valence electrons. The van der Waals surface area contributed by atoms with Crippen molar-refractivity contribution < 1.29 is 37.8 Å². The predicted octanol–water partition coefficient (Wildman–Crippen LogP) is 4.49. The van der Waals surface area contributed by atoms with Crippen LogP contribution in [0.15, 0.2) is 64.2 Å². The summed E-state index contributed by atoms with van der Waals surface area (Å²) in [4.78, 5) is 60.1. The van der Waals surface area contributed by atoms with Crippen LogP contribution >= 0.6 is 23.4 Å². The number of nitrogens with zero attached hydrogens (tertiary/aromatic N) is 4. The van der Waals surface area contributed by atoms with Crippen LogP contribution in [0.1, 0.15) is 57.4 Å². The van der Waals surface area contributed by atoms with Crippen LogP contribution in [-0.4, -0.2) is 78.2 Å². The lowest BCUT2D eigenvalue weighted by molar-refractivity contribution is -0.165. The van der Waals surface area contributed by atoms with E-state index >= 15 is 0 Å². The Morgan fingerprint density at radius 3 is 1.95 bits per heavy atom. The molecule has 2 aromatic carbocycles. The summed E-state index contributed by atoms with van der Waals surface area (Å²) < 4.78 is 22.9. The van der Waals surface area contributed by atoms with Crippen molar-refractivity contribution in [3.63, 3.8) is 0 Å². The number of nitrogens with two attached hydrogens (primary N) is 3. The van der Waals surface area contributed by atoms with Crippen LogP contribution in [0.5, 0.6) is 5.75 Å². The highest BCUT2D eigenvalue weighted by Gasteiger charge is 2.31. The molecule has 0 saturated heterocycles. The number of pyridine rings is 1. The highest BCUT2D eigenvalue weighted by Crippen LogP contribution is 2.37. The van der Waals surface area contributed by atoms with Crippen LogP contribution in [0, 0.1) is 34.5 Å². The first-order chi connectivity index (χ1) is 29.2. The highest BCUT2D eigenvalue weighted by atomic mass is 35.5. The van der Waals surface area contributed by atoms with Gasteiger partial charge in [-0.1, -0.05) is 63.2 Å². The fraction of sp³-hybridized carbons (Fsp3) is 0.381. The number of rotatable bonds is 21. The number of carbonyl (C=O) groups is 4. The van der Waals surface area contributed by atoms with Crippen molar-refractivity contribution in [2.45, 2.75) is 69.5 Å². The number of carbonyl (C=O) groups excluding carboxylic acids is 4. The van der Waals surface area contributed by atoms with E-state index in [0.29, 0.717) is 22.2 Å². The molecule has 0 bridgehead atoms. The van der Waals surface area contributed by atoms with Crippen LogP contribution in [-0.2, 0) is 34.4 Å². The molecule has 2 amide bonds. The molecule has 8 N–H and O–H groups in total. The number of nitrogen functional groups attached to an aromatic ring is 1. The zero-order chi connectivity index (χ0) is 44.6. The Kier molecular flexibility index (Phi) is 17.9. The highest BCUT2D eigenvalue weighted by molar-refractivity contribution is 7.98. The minimum Gasteiger partial charge on any atom is -0.490 e. The molecule has 0 spiro atoms. The summed E-state index contributed by atoms with van der Waals surface area (Å²) in [5.74, 6) is -2.25. The maximum atomic E-state index is 13.4. The lowest BCUT2D eigenvalue weighted by Gasteiger charge is -2.26. The smallest absolute Gasteiger partial charge is 0.329 e. The molecule has 0 aliphatic rings. The van der Waals surface area contributed by atoms with Crippen LogP contribution < -0.4 is 32.6 Å². The largest absolute Gasteiger partial charge is 0.490 e. The Labute approximate surface area is 362 Å². The maximum absolute atomic E-state index is 13.4. The Balaban J connectivity index is 1.54. The SMILES string of the molecule is CC(C)C(NC(=O)CCN)C(=O)O[C@H](COC(=O)[C@@H](NC(=O)CCN)C(C)C)COc1ccc(-c2c(C#N)c(N)nc(SCc3coc(-c4ccc(Cl)cc4)n3)c2C#N)cc1. The van der Waals surface area contributed by atoms with Crippen LogP contribution in [0.3, 0.4) is 0 Å². The number of hydrogen-bond acceptors (Lipinski definition) is 16. The van der Waals surface area contributed by atoms with Crippen LogP contribution in [0.4, 0.5) is 5.82 Å². The van der Waals surface area contributed by atoms with Crippen LogP contribution in [0.2, 0.25) is 5.02 Å². The quantitative estimate of drug-likeness (QED) is 0.0569. The van der Waals surface area contributed by atoms with Gasteiger partial charge in [-0.3, -0.25) is 9.59 Å². The molecule has 4 aromatic rings. The van der Waals surface area contributed by atoms with E-state index < -0.39 is 48.5 Å². The summed E-state index contributed by atoms with van der Waals surface area (Å²) in [6.45, 7) is 6.32. The predicted molar refractivity (Wildman–Crippen MR) is 227 cm³/mol. The zero-order valence-corrected chi connectivity index (χ0v) is 35.7. The summed E-state index contributed by atoms with van der Waals surface area (Å²) in [7, 11) is 0. The number of thioether (sulfide) groups is 1. The van der Waals surface area contributed by atoms with Gasteiger partial charge in [-0.2, -0.15) is 10.5 Å². The molecule has 2 aromatic heterocycles. The summed E-state index contributed by atoms with van der Waals surface area (Å²) in [5.41, 5.74) is 19.4. The van der Waals surface area contributed by atoms with E-state index in [1.54, 1.807) is 76.2 Å². The minimum atomic E-state index is -1.17. The van der Waals surface area contributed by atoms with Gasteiger partial charge in [0.05, 0.1) is 11.3 Å². The summed E-state index contributed by atoms with van der Waals surface area (Å²) in [6, 6.07) is 15.6. The second-order valence-electron chi connectivity index (χ2n) is 14.3. The van der Waals surface area contributed by atoms with Gasteiger partial charge in [-0.05, 0) is 53.8 Å². The van der Waals surface area contributed by atoms with E-state index in [-0.39, 0.29) is 83.4 Å². The molecule has 4 rings (SSSR count). The van der Waals surface area contributed by atoms with Crippen LogP contribution in [0.25, 0.3) is 22.6 Å². The lowest BCUT2D eigenvalue weighted by atomic mass is 9.97. The second kappa shape index (κ2) is 23.0. The molecule has 0 aliphatic carbocycles. The fourth-order valence-corrected chi connectivity index (χ4v) is 6.70. The molecule has 0 radical (unpaired) electrons. The number of hydrogen-bond donors (Lipinski definition) is 5. The van der Waals surface area contributed by atoms with Crippen molar-refractivity contribution >= 4 is 52.9 Å². The monoisotopic (exact) mass is 873 g/mol. The Bertz CT molecular complexity index is 2240. The summed E-state index contributed by atoms with van der Waals surface area (Å²) >= 11 is 7.20. The number of aromatic nitrogens is 2. The molecule has 1 unspecified atom stereocenters. The van der Waals surface area contributed by atoms with Crippen molar-refractivity contribution in [3.8, 4) is 40.5 Å². The second-order valence-corrected chi connectivity index (χ2v) is 15.7. The number of halogens is 1. The first-order valence-electron chi connectivity index (χ1n) is 19.2. The van der Waals surface area contributed by atoms with Gasteiger partial charge in [-0.15, -0.1) is 0 Å². The summed E-state index contributed by atoms with van der Waals surface area (Å²) in [5, 5.41) is 26.5. The normalized spacial score (nSPS) is 12.4. The lowest BCUT2D eigenvalue weighted by Crippen LogP contribution is -2.48. The van der Waals surface area contributed by atoms with Gasteiger partial charge in [-0.25, -0.2) is 19.6 Å². The molecule has 0 saturated carbocycles. The van der Waals surface area contributed by atoms with Gasteiger partial charge in [0.2, 0.25) is 17.7 Å². The standard InChI is InChI=1S/C42H48ClN9O8S/c1-23(2)36(50-33(53)13-15-44)41(55)59-21-30(60-42(56)37(24(3)4)51-34(54)14-16-45)20-57-29-11-7-25(8-12-29)35-31(17-46)38(48)52-40(32(35)18-47)61-22-28-19-58-39(49-28)26-5-9-27(43)10-6-26/h5-12,19,23-24,30,36-37H,13-16,20-22,44-45H2,1-4H3,(H2,48,52)(H,50,53)(H,51,54)/t30-,36-,37?/m0/s1. The first-order valence-corrected chi connectivity index (χ1v) is 20.6. The minimum absolute atomic E-state index is 0.00352. The number of oxazole rings is 1. The third-order valence-electron chi connectivity index (χ3n) is 8.91. The molecule has 17 nitrogen and oxygen atoms in total. The molecule has 0 fully saturated rings. The Morgan fingerprint density at radius 1 is 0.820 bits per heavy atom. The van der Waals surface area contributed by atoms with E-state index in [1.165, 1.54) is 18.0 Å². The molecular formula is C42H48ClN9O8S. The van der Waals surface area contributed by atoms with E-state index in [0.717, 1.165) is 5.56 Å². The van der Waals surface area contributed by atoms with Gasteiger partial charge in [0.1, 0.15) is 65.9 Å². The Morgan fingerprint density at radius 2 is 1.39 bits per heavy atom. The number of amides is 2. The van der Waals surface area contributed by atoms with Gasteiger partial charge < -0.3 is 46.5 Å². The number of nitrogens with one attached hydrogen (secondary N) is 2. The van der Waals surface area contributed by atoms with Gasteiger partial charge in [0.25, 0.3) is 0 Å². The van der Waals surface area contributed by atoms with E-state index in [9.17, 15) is 29.7 Å². The molecule has 19 heteroatoms. The maximum Gasteiger partial charge on any atom is 0.329 e. The van der Waals surface area contributed by atoms with E-state index in [2.05, 4.69) is 32.7 Å². The average Bonchev–Trinajstić information content (AvgIpc) is 3.71. The molecule has 2 heterocycles. The van der Waals surface area contributed by atoms with E-state index in [1.807, 2.05) is 0 Å². The van der Waals surface area contributed by atoms with Crippen molar-refractivity contribution in [2.75, 3.05) is 32.0 Å². The fourth-order valence-electron chi connectivity index (χ4n) is 5.71. The third-order valence-corrected chi connectivity index (χ3v) is 10.2. The molecule has 3 atom stereocenters.